The molecule has 2 aromatic rings. The molecular formula is C22H31N3O4S. The van der Waals surface area contributed by atoms with Gasteiger partial charge in [0.05, 0.1) is 4.90 Å². The van der Waals surface area contributed by atoms with Gasteiger partial charge in [0.15, 0.2) is 5.76 Å². The Kier molecular flexibility index (Phi) is 5.67. The summed E-state index contributed by atoms with van der Waals surface area (Å²) in [5.74, 6) is 0.871. The van der Waals surface area contributed by atoms with Gasteiger partial charge in [0, 0.05) is 50.2 Å². The van der Waals surface area contributed by atoms with Crippen molar-refractivity contribution < 1.29 is 17.6 Å². The van der Waals surface area contributed by atoms with E-state index < -0.39 is 10.0 Å². The Morgan fingerprint density at radius 2 is 1.70 bits per heavy atom. The number of piperazine rings is 1. The van der Waals surface area contributed by atoms with Crippen molar-refractivity contribution in [1.82, 2.24) is 14.1 Å². The molecule has 2 saturated heterocycles. The topological polar surface area (TPSA) is 74.1 Å². The Hall–Kier alpha value is -1.90. The second-order valence-electron chi connectivity index (χ2n) is 9.08. The Morgan fingerprint density at radius 3 is 2.33 bits per heavy atom. The third kappa shape index (κ3) is 3.88. The van der Waals surface area contributed by atoms with Gasteiger partial charge in [-0.1, -0.05) is 13.8 Å². The first-order chi connectivity index (χ1) is 14.2. The highest BCUT2D eigenvalue weighted by atomic mass is 32.2. The van der Waals surface area contributed by atoms with Crippen LogP contribution in [-0.2, 0) is 10.0 Å². The van der Waals surface area contributed by atoms with Gasteiger partial charge in [0.1, 0.15) is 5.58 Å². The summed E-state index contributed by atoms with van der Waals surface area (Å²) in [7, 11) is -1.54. The van der Waals surface area contributed by atoms with E-state index in [1.807, 2.05) is 14.0 Å². The molecule has 8 heteroatoms. The van der Waals surface area contributed by atoms with E-state index in [4.69, 9.17) is 4.42 Å². The van der Waals surface area contributed by atoms with Crippen molar-refractivity contribution in [2.24, 2.45) is 11.8 Å². The summed E-state index contributed by atoms with van der Waals surface area (Å²) >= 11 is 0. The maximum absolute atomic E-state index is 13.3. The molecule has 0 bridgehead atoms. The standard InChI is InChI=1S/C22H31N3O4S/c1-15-11-16(2)14-25(13-15)30(27,28)18-5-6-20-19(12-18)17(3)21(29-20)22(26)24-9-7-23(4)8-10-24/h5-6,12,15-16H,7-11,13-14H2,1-4H3. The van der Waals surface area contributed by atoms with E-state index in [-0.39, 0.29) is 10.8 Å². The maximum atomic E-state index is 13.3. The molecule has 2 fully saturated rings. The number of sulfonamides is 1. The summed E-state index contributed by atoms with van der Waals surface area (Å²) in [6.07, 6.45) is 1.05. The molecule has 1 amide bonds. The van der Waals surface area contributed by atoms with Crippen LogP contribution in [0.25, 0.3) is 11.0 Å². The molecule has 0 spiro atoms. The average molecular weight is 434 g/mol. The van der Waals surface area contributed by atoms with Crippen molar-refractivity contribution >= 4 is 26.9 Å². The zero-order valence-electron chi connectivity index (χ0n) is 18.2. The highest BCUT2D eigenvalue weighted by molar-refractivity contribution is 7.89. The lowest BCUT2D eigenvalue weighted by molar-refractivity contribution is 0.0634. The first-order valence-electron chi connectivity index (χ1n) is 10.7. The number of hydrogen-bond donors (Lipinski definition) is 0. The summed E-state index contributed by atoms with van der Waals surface area (Å²) in [6.45, 7) is 10.1. The number of carbonyl (C=O) groups excluding carboxylic acids is 1. The molecule has 30 heavy (non-hydrogen) atoms. The normalized spacial score (nSPS) is 24.5. The average Bonchev–Trinajstić information content (AvgIpc) is 3.03. The molecule has 1 aromatic heterocycles. The molecule has 0 radical (unpaired) electrons. The zero-order valence-corrected chi connectivity index (χ0v) is 19.0. The summed E-state index contributed by atoms with van der Waals surface area (Å²) in [6, 6.07) is 4.93. The molecule has 2 unspecified atom stereocenters. The lowest BCUT2D eigenvalue weighted by Crippen LogP contribution is -2.47. The molecule has 2 aliphatic heterocycles. The van der Waals surface area contributed by atoms with E-state index in [1.54, 1.807) is 27.4 Å². The number of likely N-dealkylation sites (N-methyl/N-ethyl adjacent to an activating group) is 1. The first-order valence-corrected chi connectivity index (χ1v) is 12.1. The van der Waals surface area contributed by atoms with Crippen LogP contribution in [0.2, 0.25) is 0 Å². The summed E-state index contributed by atoms with van der Waals surface area (Å²) in [5, 5.41) is 0.687. The molecule has 0 saturated carbocycles. The Morgan fingerprint density at radius 1 is 1.07 bits per heavy atom. The van der Waals surface area contributed by atoms with Crippen LogP contribution in [-0.4, -0.2) is 74.7 Å². The van der Waals surface area contributed by atoms with Gasteiger partial charge in [0.25, 0.3) is 5.91 Å². The largest absolute Gasteiger partial charge is 0.451 e. The minimum atomic E-state index is -3.58. The Bertz CT molecular complexity index is 1040. The summed E-state index contributed by atoms with van der Waals surface area (Å²) in [5.41, 5.74) is 1.25. The number of aryl methyl sites for hydroxylation is 1. The minimum absolute atomic E-state index is 0.125. The highest BCUT2D eigenvalue weighted by Gasteiger charge is 2.32. The number of rotatable bonds is 3. The fourth-order valence-corrected chi connectivity index (χ4v) is 6.38. The van der Waals surface area contributed by atoms with Crippen molar-refractivity contribution in [1.29, 1.82) is 0 Å². The maximum Gasteiger partial charge on any atom is 0.289 e. The lowest BCUT2D eigenvalue weighted by atomic mass is 9.94. The summed E-state index contributed by atoms with van der Waals surface area (Å²) in [4.78, 5) is 17.2. The number of piperidine rings is 1. The lowest BCUT2D eigenvalue weighted by Gasteiger charge is -2.34. The van der Waals surface area contributed by atoms with Crippen LogP contribution >= 0.6 is 0 Å². The third-order valence-electron chi connectivity index (χ3n) is 6.37. The van der Waals surface area contributed by atoms with Crippen LogP contribution in [0.5, 0.6) is 0 Å². The van der Waals surface area contributed by atoms with Gasteiger partial charge in [0.2, 0.25) is 10.0 Å². The van der Waals surface area contributed by atoms with Gasteiger partial charge in [-0.2, -0.15) is 4.31 Å². The van der Waals surface area contributed by atoms with Gasteiger partial charge >= 0.3 is 0 Å². The third-order valence-corrected chi connectivity index (χ3v) is 8.19. The van der Waals surface area contributed by atoms with Crippen LogP contribution in [0.1, 0.15) is 36.4 Å². The van der Waals surface area contributed by atoms with Gasteiger partial charge in [-0.25, -0.2) is 8.42 Å². The number of nitrogens with zero attached hydrogens (tertiary/aromatic N) is 3. The number of furan rings is 1. The van der Waals surface area contributed by atoms with E-state index >= 15 is 0 Å². The van der Waals surface area contributed by atoms with E-state index in [1.165, 1.54) is 0 Å². The van der Waals surface area contributed by atoms with E-state index in [2.05, 4.69) is 18.7 Å². The molecule has 3 heterocycles. The van der Waals surface area contributed by atoms with Crippen LogP contribution in [0, 0.1) is 18.8 Å². The van der Waals surface area contributed by atoms with Crippen molar-refractivity contribution in [3.05, 3.63) is 29.5 Å². The predicted molar refractivity (Wildman–Crippen MR) is 116 cm³/mol. The Labute approximate surface area is 178 Å². The van der Waals surface area contributed by atoms with Crippen LogP contribution in [0.15, 0.2) is 27.5 Å². The quantitative estimate of drug-likeness (QED) is 0.744. The number of fused-ring (bicyclic) bond motifs is 1. The molecule has 0 aliphatic carbocycles. The monoisotopic (exact) mass is 433 g/mol. The molecule has 164 valence electrons. The van der Waals surface area contributed by atoms with Gasteiger partial charge in [-0.15, -0.1) is 0 Å². The molecule has 4 rings (SSSR count). The van der Waals surface area contributed by atoms with Crippen molar-refractivity contribution in [3.63, 3.8) is 0 Å². The molecule has 2 atom stereocenters. The Balaban J connectivity index is 1.65. The fraction of sp³-hybridized carbons (Fsp3) is 0.591. The second kappa shape index (κ2) is 7.98. The molecule has 0 N–H and O–H groups in total. The van der Waals surface area contributed by atoms with Gasteiger partial charge in [-0.05, 0) is 50.4 Å². The second-order valence-corrected chi connectivity index (χ2v) is 11.0. The van der Waals surface area contributed by atoms with Crippen molar-refractivity contribution in [2.45, 2.75) is 32.1 Å². The smallest absolute Gasteiger partial charge is 0.289 e. The molecular weight excluding hydrogens is 402 g/mol. The fourth-order valence-electron chi connectivity index (χ4n) is 4.67. The molecule has 1 aromatic carbocycles. The van der Waals surface area contributed by atoms with E-state index in [9.17, 15) is 13.2 Å². The number of benzene rings is 1. The first kappa shape index (κ1) is 21.3. The van der Waals surface area contributed by atoms with Crippen molar-refractivity contribution in [2.75, 3.05) is 46.3 Å². The predicted octanol–water partition coefficient (Wildman–Crippen LogP) is 2.80. The van der Waals surface area contributed by atoms with Gasteiger partial charge in [-0.3, -0.25) is 4.79 Å². The van der Waals surface area contributed by atoms with Crippen LogP contribution < -0.4 is 0 Å². The van der Waals surface area contributed by atoms with Crippen molar-refractivity contribution in [3.8, 4) is 0 Å². The number of hydrogen-bond acceptors (Lipinski definition) is 5. The zero-order chi connectivity index (χ0) is 21.6. The van der Waals surface area contributed by atoms with E-state index in [0.29, 0.717) is 60.3 Å². The summed E-state index contributed by atoms with van der Waals surface area (Å²) < 4.78 is 34.0. The highest BCUT2D eigenvalue weighted by Crippen LogP contribution is 2.32. The number of amides is 1. The SMILES string of the molecule is Cc1c(C(=O)N2CCN(C)CC2)oc2ccc(S(=O)(=O)N3CC(C)CC(C)C3)cc12. The molecule has 2 aliphatic rings. The molecule has 7 nitrogen and oxygen atoms in total. The van der Waals surface area contributed by atoms with Crippen LogP contribution in [0.4, 0.5) is 0 Å². The van der Waals surface area contributed by atoms with E-state index in [0.717, 1.165) is 19.5 Å². The minimum Gasteiger partial charge on any atom is -0.451 e. The number of carbonyl (C=O) groups is 1. The van der Waals surface area contributed by atoms with Crippen LogP contribution in [0.3, 0.4) is 0 Å². The van der Waals surface area contributed by atoms with Gasteiger partial charge < -0.3 is 14.2 Å².